The van der Waals surface area contributed by atoms with E-state index in [0.29, 0.717) is 0 Å². The molecule has 4 heterocycles. The van der Waals surface area contributed by atoms with Gasteiger partial charge in [-0.3, -0.25) is 9.58 Å². The van der Waals surface area contributed by atoms with E-state index in [2.05, 4.69) is 14.7 Å². The fraction of sp³-hybridized carbons (Fsp3) is 0.500. The Labute approximate surface area is 168 Å². The fourth-order valence-corrected chi connectivity index (χ4v) is 4.67. The van der Waals surface area contributed by atoms with Crippen molar-refractivity contribution in [3.05, 3.63) is 47.9 Å². The molecule has 0 aliphatic carbocycles. The van der Waals surface area contributed by atoms with E-state index in [1.54, 1.807) is 10.8 Å². The number of rotatable bonds is 6. The van der Waals surface area contributed by atoms with E-state index in [-0.39, 0.29) is 12.6 Å². The lowest BCUT2D eigenvalue weighted by molar-refractivity contribution is 0.0978. The highest BCUT2D eigenvalue weighted by molar-refractivity contribution is 5.86. The topological polar surface area (TPSA) is 35.2 Å². The van der Waals surface area contributed by atoms with Gasteiger partial charge in [0.15, 0.2) is 0 Å². The van der Waals surface area contributed by atoms with E-state index < -0.39 is 6.43 Å². The third-order valence-electron chi connectivity index (χ3n) is 6.15. The van der Waals surface area contributed by atoms with Crippen molar-refractivity contribution >= 4 is 10.9 Å². The summed E-state index contributed by atoms with van der Waals surface area (Å²) in [5.41, 5.74) is 3.57. The van der Waals surface area contributed by atoms with Gasteiger partial charge in [-0.15, -0.1) is 0 Å². The molecule has 0 saturated carbocycles. The number of ether oxygens (including phenoxy) is 1. The number of aromatic nitrogens is 3. The number of piperidine rings is 1. The lowest BCUT2D eigenvalue weighted by atomic mass is 10.1. The second-order valence-electron chi connectivity index (χ2n) is 8.08. The van der Waals surface area contributed by atoms with Crippen LogP contribution in [0.2, 0.25) is 0 Å². The summed E-state index contributed by atoms with van der Waals surface area (Å²) in [5.74, 6) is 0.795. The van der Waals surface area contributed by atoms with Gasteiger partial charge in [-0.2, -0.15) is 5.10 Å². The Morgan fingerprint density at radius 1 is 1.14 bits per heavy atom. The van der Waals surface area contributed by atoms with E-state index in [0.717, 1.165) is 62.1 Å². The molecule has 7 heteroatoms. The van der Waals surface area contributed by atoms with Crippen LogP contribution in [-0.2, 0) is 26.1 Å². The van der Waals surface area contributed by atoms with E-state index >= 15 is 0 Å². The molecule has 2 aliphatic rings. The smallest absolute Gasteiger partial charge is 0.256 e. The minimum atomic E-state index is -2.36. The SMILES string of the molecule is FC(F)Cn1ccc2c(OC3CCN(Cc4cnn5c4CCC5)CC3)cccc21. The summed E-state index contributed by atoms with van der Waals surface area (Å²) in [7, 11) is 0. The van der Waals surface area contributed by atoms with Gasteiger partial charge in [0.05, 0.1) is 18.3 Å². The highest BCUT2D eigenvalue weighted by Crippen LogP contribution is 2.30. The molecule has 2 aliphatic heterocycles. The number of aryl methyl sites for hydroxylation is 1. The molecule has 0 N–H and O–H groups in total. The molecule has 1 saturated heterocycles. The van der Waals surface area contributed by atoms with E-state index in [9.17, 15) is 8.78 Å². The summed E-state index contributed by atoms with van der Waals surface area (Å²) in [6, 6.07) is 7.58. The van der Waals surface area contributed by atoms with Gasteiger partial charge >= 0.3 is 0 Å². The lowest BCUT2D eigenvalue weighted by Gasteiger charge is -2.32. The van der Waals surface area contributed by atoms with E-state index in [1.165, 1.54) is 17.7 Å². The Morgan fingerprint density at radius 2 is 2.00 bits per heavy atom. The zero-order valence-corrected chi connectivity index (χ0v) is 16.4. The summed E-state index contributed by atoms with van der Waals surface area (Å²) in [4.78, 5) is 2.48. The fourth-order valence-electron chi connectivity index (χ4n) is 4.67. The second-order valence-corrected chi connectivity index (χ2v) is 8.08. The van der Waals surface area contributed by atoms with Crippen LogP contribution in [0.25, 0.3) is 10.9 Å². The number of halogens is 2. The zero-order valence-electron chi connectivity index (χ0n) is 16.4. The van der Waals surface area contributed by atoms with Gasteiger partial charge in [0.1, 0.15) is 11.9 Å². The van der Waals surface area contributed by atoms with Crippen LogP contribution in [-0.4, -0.2) is 44.9 Å². The largest absolute Gasteiger partial charge is 0.490 e. The molecule has 29 heavy (non-hydrogen) atoms. The first-order valence-corrected chi connectivity index (χ1v) is 10.5. The summed E-state index contributed by atoms with van der Waals surface area (Å²) >= 11 is 0. The predicted molar refractivity (Wildman–Crippen MR) is 107 cm³/mol. The van der Waals surface area contributed by atoms with Crippen molar-refractivity contribution in [2.75, 3.05) is 13.1 Å². The first-order valence-electron chi connectivity index (χ1n) is 10.5. The van der Waals surface area contributed by atoms with E-state index in [1.807, 2.05) is 30.5 Å². The minimum absolute atomic E-state index is 0.160. The van der Waals surface area contributed by atoms with Crippen LogP contribution in [0.15, 0.2) is 36.7 Å². The molecule has 0 spiro atoms. The molecule has 5 nitrogen and oxygen atoms in total. The normalized spacial score (nSPS) is 18.0. The molecule has 1 fully saturated rings. The Morgan fingerprint density at radius 3 is 2.83 bits per heavy atom. The summed E-state index contributed by atoms with van der Waals surface area (Å²) < 4.78 is 35.6. The van der Waals surface area contributed by atoms with Crippen LogP contribution in [0.4, 0.5) is 8.78 Å². The Bertz CT molecular complexity index is 988. The van der Waals surface area contributed by atoms with Crippen LogP contribution < -0.4 is 4.74 Å². The number of hydrogen-bond acceptors (Lipinski definition) is 3. The Kier molecular flexibility index (Phi) is 4.99. The second kappa shape index (κ2) is 7.78. The molecule has 5 rings (SSSR count). The van der Waals surface area contributed by atoms with Gasteiger partial charge in [0.2, 0.25) is 0 Å². The molecule has 2 aromatic heterocycles. The molecule has 0 unspecified atom stereocenters. The maximum atomic E-state index is 12.8. The van der Waals surface area contributed by atoms with Gasteiger partial charge < -0.3 is 9.30 Å². The number of benzene rings is 1. The van der Waals surface area contributed by atoms with Crippen molar-refractivity contribution in [3.63, 3.8) is 0 Å². The first kappa shape index (κ1) is 18.6. The van der Waals surface area contributed by atoms with Crippen LogP contribution in [0, 0.1) is 0 Å². The molecular formula is C22H26F2N4O. The maximum Gasteiger partial charge on any atom is 0.256 e. The molecular weight excluding hydrogens is 374 g/mol. The van der Waals surface area contributed by atoms with E-state index in [4.69, 9.17) is 4.74 Å². The van der Waals surface area contributed by atoms with Gasteiger partial charge in [0, 0.05) is 49.0 Å². The number of hydrogen-bond donors (Lipinski definition) is 0. The number of alkyl halides is 2. The highest BCUT2D eigenvalue weighted by atomic mass is 19.3. The van der Waals surface area contributed by atoms with Crippen molar-refractivity contribution in [1.29, 1.82) is 0 Å². The highest BCUT2D eigenvalue weighted by Gasteiger charge is 2.24. The van der Waals surface area contributed by atoms with Crippen molar-refractivity contribution < 1.29 is 13.5 Å². The molecule has 0 amide bonds. The third-order valence-corrected chi connectivity index (χ3v) is 6.15. The van der Waals surface area contributed by atoms with Crippen molar-refractivity contribution in [1.82, 2.24) is 19.2 Å². The summed E-state index contributed by atoms with van der Waals surface area (Å²) in [6.07, 6.45) is 5.83. The van der Waals surface area contributed by atoms with Crippen LogP contribution >= 0.6 is 0 Å². The first-order chi connectivity index (χ1) is 14.2. The molecule has 0 bridgehead atoms. The number of nitrogens with zero attached hydrogens (tertiary/aromatic N) is 4. The third kappa shape index (κ3) is 3.75. The standard InChI is InChI=1S/C22H26F2N4O/c23-22(24)15-27-12-8-18-20(27)3-1-5-21(18)29-17-6-10-26(11-7-17)14-16-13-25-28-9-2-4-19(16)28/h1,3,5,8,12-13,17,22H,2,4,6-7,9-11,14-15H2. The number of fused-ring (bicyclic) bond motifs is 2. The minimum Gasteiger partial charge on any atom is -0.490 e. The van der Waals surface area contributed by atoms with Gasteiger partial charge in [0.25, 0.3) is 6.43 Å². The zero-order chi connectivity index (χ0) is 19.8. The van der Waals surface area contributed by atoms with Crippen molar-refractivity contribution in [3.8, 4) is 5.75 Å². The number of likely N-dealkylation sites (tertiary alicyclic amines) is 1. The summed E-state index contributed by atoms with van der Waals surface area (Å²) in [5, 5.41) is 5.41. The summed E-state index contributed by atoms with van der Waals surface area (Å²) in [6.45, 7) is 3.73. The van der Waals surface area contributed by atoms with Gasteiger partial charge in [-0.05, 0) is 43.9 Å². The molecule has 3 aromatic rings. The maximum absolute atomic E-state index is 12.8. The molecule has 1 aromatic carbocycles. The Hall–Kier alpha value is -2.41. The average Bonchev–Trinajstić information content (AvgIpc) is 3.41. The lowest BCUT2D eigenvalue weighted by Crippen LogP contribution is -2.37. The van der Waals surface area contributed by atoms with Crippen molar-refractivity contribution in [2.45, 2.75) is 57.8 Å². The average molecular weight is 400 g/mol. The monoisotopic (exact) mass is 400 g/mol. The van der Waals surface area contributed by atoms with Crippen LogP contribution in [0.3, 0.4) is 0 Å². The Balaban J connectivity index is 1.21. The molecule has 0 atom stereocenters. The van der Waals surface area contributed by atoms with Gasteiger partial charge in [-0.1, -0.05) is 6.07 Å². The quantitative estimate of drug-likeness (QED) is 0.625. The van der Waals surface area contributed by atoms with Crippen molar-refractivity contribution in [2.24, 2.45) is 0 Å². The molecule has 0 radical (unpaired) electrons. The predicted octanol–water partition coefficient (Wildman–Crippen LogP) is 4.09. The van der Waals surface area contributed by atoms with Gasteiger partial charge in [-0.25, -0.2) is 8.78 Å². The van der Waals surface area contributed by atoms with Crippen LogP contribution in [0.5, 0.6) is 5.75 Å². The van der Waals surface area contributed by atoms with Crippen LogP contribution in [0.1, 0.15) is 30.5 Å². The molecule has 154 valence electrons.